The fraction of sp³-hybridized carbons (Fsp3) is 0.467. The monoisotopic (exact) mass is 276 g/mol. The molecule has 5 heteroatoms. The van der Waals surface area contributed by atoms with E-state index >= 15 is 0 Å². The summed E-state index contributed by atoms with van der Waals surface area (Å²) < 4.78 is 10.6. The molecule has 108 valence electrons. The van der Waals surface area contributed by atoms with E-state index < -0.39 is 6.09 Å². The standard InChI is InChI=1S/C15H20N2O3/c1-3-19-10(2)13-8-11-6-4-5-7-14(20-15(16)18)12(11)9-17-13/h8-9,14H,2-7H2,1H3,(H2,16,18). The Morgan fingerprint density at radius 1 is 1.55 bits per heavy atom. The van der Waals surface area contributed by atoms with Crippen LogP contribution in [0.25, 0.3) is 5.76 Å². The third-order valence-electron chi connectivity index (χ3n) is 3.40. The van der Waals surface area contributed by atoms with Gasteiger partial charge in [-0.2, -0.15) is 0 Å². The van der Waals surface area contributed by atoms with E-state index in [9.17, 15) is 4.79 Å². The molecule has 0 saturated heterocycles. The fourth-order valence-electron chi connectivity index (χ4n) is 2.48. The molecule has 0 aromatic carbocycles. The minimum absolute atomic E-state index is 0.299. The van der Waals surface area contributed by atoms with Gasteiger partial charge in [-0.25, -0.2) is 4.79 Å². The molecular formula is C15H20N2O3. The van der Waals surface area contributed by atoms with Gasteiger partial charge in [0.1, 0.15) is 17.6 Å². The van der Waals surface area contributed by atoms with Gasteiger partial charge in [-0.1, -0.05) is 6.58 Å². The lowest BCUT2D eigenvalue weighted by molar-refractivity contribution is 0.101. The molecular weight excluding hydrogens is 256 g/mol. The number of hydrogen-bond acceptors (Lipinski definition) is 4. The molecule has 20 heavy (non-hydrogen) atoms. The minimum atomic E-state index is -0.745. The highest BCUT2D eigenvalue weighted by Crippen LogP contribution is 2.32. The number of carbonyl (C=O) groups excluding carboxylic acids is 1. The Bertz CT molecular complexity index is 514. The van der Waals surface area contributed by atoms with Crippen molar-refractivity contribution in [2.45, 2.75) is 38.7 Å². The van der Waals surface area contributed by atoms with Crippen molar-refractivity contribution in [2.24, 2.45) is 5.73 Å². The molecule has 0 saturated carbocycles. The quantitative estimate of drug-likeness (QED) is 0.677. The first kappa shape index (κ1) is 14.4. The Hall–Kier alpha value is -2.04. The number of hydrogen-bond donors (Lipinski definition) is 1. The van der Waals surface area contributed by atoms with Gasteiger partial charge in [-0.05, 0) is 44.2 Å². The highest BCUT2D eigenvalue weighted by Gasteiger charge is 2.22. The van der Waals surface area contributed by atoms with Crippen LogP contribution in [0.1, 0.15) is 49.1 Å². The summed E-state index contributed by atoms with van der Waals surface area (Å²) in [4.78, 5) is 15.3. The van der Waals surface area contributed by atoms with Gasteiger partial charge in [0.05, 0.1) is 6.61 Å². The molecule has 1 amide bonds. The number of pyridine rings is 1. The maximum absolute atomic E-state index is 11.0. The summed E-state index contributed by atoms with van der Waals surface area (Å²) in [6, 6.07) is 1.97. The number of rotatable bonds is 4. The van der Waals surface area contributed by atoms with Crippen molar-refractivity contribution in [1.82, 2.24) is 4.98 Å². The zero-order valence-electron chi connectivity index (χ0n) is 11.7. The van der Waals surface area contributed by atoms with Gasteiger partial charge in [0, 0.05) is 11.8 Å². The number of amides is 1. The van der Waals surface area contributed by atoms with E-state index in [1.807, 2.05) is 13.0 Å². The highest BCUT2D eigenvalue weighted by molar-refractivity contribution is 5.65. The fourth-order valence-corrected chi connectivity index (χ4v) is 2.48. The summed E-state index contributed by atoms with van der Waals surface area (Å²) in [5.41, 5.74) is 7.92. The largest absolute Gasteiger partial charge is 0.492 e. The van der Waals surface area contributed by atoms with Crippen LogP contribution in [-0.4, -0.2) is 17.7 Å². The van der Waals surface area contributed by atoms with Gasteiger partial charge in [0.15, 0.2) is 0 Å². The number of aromatic nitrogens is 1. The molecule has 1 aliphatic carbocycles. The number of aryl methyl sites for hydroxylation is 1. The van der Waals surface area contributed by atoms with Gasteiger partial charge in [0.2, 0.25) is 0 Å². The SMILES string of the molecule is C=C(OCC)c1cc2c(cn1)C(OC(N)=O)CCCC2. The smallest absolute Gasteiger partial charge is 0.405 e. The van der Waals surface area contributed by atoms with E-state index in [1.54, 1.807) is 6.20 Å². The molecule has 1 aromatic heterocycles. The number of carbonyl (C=O) groups is 1. The predicted molar refractivity (Wildman–Crippen MR) is 75.9 cm³/mol. The molecule has 0 radical (unpaired) electrons. The van der Waals surface area contributed by atoms with Crippen molar-refractivity contribution in [3.05, 3.63) is 35.7 Å². The maximum atomic E-state index is 11.0. The first-order chi connectivity index (χ1) is 9.61. The minimum Gasteiger partial charge on any atom is -0.492 e. The third kappa shape index (κ3) is 3.29. The molecule has 5 nitrogen and oxygen atoms in total. The molecule has 0 spiro atoms. The average molecular weight is 276 g/mol. The molecule has 2 N–H and O–H groups in total. The second kappa shape index (κ2) is 6.41. The lowest BCUT2D eigenvalue weighted by Crippen LogP contribution is -2.18. The summed E-state index contributed by atoms with van der Waals surface area (Å²) >= 11 is 0. The van der Waals surface area contributed by atoms with E-state index in [0.29, 0.717) is 12.4 Å². The van der Waals surface area contributed by atoms with Crippen LogP contribution in [-0.2, 0) is 15.9 Å². The lowest BCUT2D eigenvalue weighted by atomic mass is 10.0. The average Bonchev–Trinajstić information content (AvgIpc) is 2.60. The van der Waals surface area contributed by atoms with E-state index in [2.05, 4.69) is 11.6 Å². The maximum Gasteiger partial charge on any atom is 0.405 e. The van der Waals surface area contributed by atoms with Crippen LogP contribution in [0, 0.1) is 0 Å². The topological polar surface area (TPSA) is 74.4 Å². The Morgan fingerprint density at radius 2 is 2.35 bits per heavy atom. The third-order valence-corrected chi connectivity index (χ3v) is 3.40. The molecule has 1 unspecified atom stereocenters. The number of primary amides is 1. The van der Waals surface area contributed by atoms with Crippen LogP contribution in [0.15, 0.2) is 18.8 Å². The van der Waals surface area contributed by atoms with E-state index in [1.165, 1.54) is 0 Å². The van der Waals surface area contributed by atoms with Gasteiger partial charge < -0.3 is 15.2 Å². The Kier molecular flexibility index (Phi) is 4.61. The Morgan fingerprint density at radius 3 is 3.05 bits per heavy atom. The van der Waals surface area contributed by atoms with Gasteiger partial charge in [-0.3, -0.25) is 4.98 Å². The second-order valence-electron chi connectivity index (χ2n) is 4.80. The molecule has 0 bridgehead atoms. The van der Waals surface area contributed by atoms with Crippen LogP contribution in [0.3, 0.4) is 0 Å². The van der Waals surface area contributed by atoms with E-state index in [0.717, 1.165) is 42.5 Å². The van der Waals surface area contributed by atoms with E-state index in [4.69, 9.17) is 15.2 Å². The summed E-state index contributed by atoms with van der Waals surface area (Å²) in [5, 5.41) is 0. The van der Waals surface area contributed by atoms with E-state index in [-0.39, 0.29) is 6.10 Å². The zero-order chi connectivity index (χ0) is 14.5. The molecule has 1 aliphatic rings. The lowest BCUT2D eigenvalue weighted by Gasteiger charge is -2.17. The van der Waals surface area contributed by atoms with Gasteiger partial charge in [0.25, 0.3) is 0 Å². The van der Waals surface area contributed by atoms with Crippen LogP contribution in [0.4, 0.5) is 4.79 Å². The number of nitrogens with zero attached hydrogens (tertiary/aromatic N) is 1. The van der Waals surface area contributed by atoms with Gasteiger partial charge >= 0.3 is 6.09 Å². The summed E-state index contributed by atoms with van der Waals surface area (Å²) in [6.07, 6.45) is 4.46. The number of fused-ring (bicyclic) bond motifs is 1. The molecule has 0 aliphatic heterocycles. The number of nitrogens with two attached hydrogens (primary N) is 1. The first-order valence-electron chi connectivity index (χ1n) is 6.88. The molecule has 2 rings (SSSR count). The molecule has 1 heterocycles. The second-order valence-corrected chi connectivity index (χ2v) is 4.80. The summed E-state index contributed by atoms with van der Waals surface area (Å²) in [7, 11) is 0. The first-order valence-corrected chi connectivity index (χ1v) is 6.88. The molecule has 0 fully saturated rings. The van der Waals surface area contributed by atoms with Crippen molar-refractivity contribution in [2.75, 3.05) is 6.61 Å². The Balaban J connectivity index is 2.29. The predicted octanol–water partition coefficient (Wildman–Crippen LogP) is 2.95. The Labute approximate surface area is 118 Å². The van der Waals surface area contributed by atoms with Crippen molar-refractivity contribution in [3.63, 3.8) is 0 Å². The summed E-state index contributed by atoms with van der Waals surface area (Å²) in [5.74, 6) is 0.562. The van der Waals surface area contributed by atoms with Crippen LogP contribution >= 0.6 is 0 Å². The van der Waals surface area contributed by atoms with Crippen molar-refractivity contribution < 1.29 is 14.3 Å². The van der Waals surface area contributed by atoms with Crippen LogP contribution < -0.4 is 5.73 Å². The van der Waals surface area contributed by atoms with Crippen LogP contribution in [0.2, 0.25) is 0 Å². The van der Waals surface area contributed by atoms with Crippen LogP contribution in [0.5, 0.6) is 0 Å². The normalized spacial score (nSPS) is 17.8. The molecule has 1 atom stereocenters. The zero-order valence-corrected chi connectivity index (χ0v) is 11.7. The highest BCUT2D eigenvalue weighted by atomic mass is 16.6. The number of ether oxygens (including phenoxy) is 2. The molecule has 1 aromatic rings. The summed E-state index contributed by atoms with van der Waals surface area (Å²) in [6.45, 7) is 6.33. The van der Waals surface area contributed by atoms with Crippen molar-refractivity contribution >= 4 is 11.9 Å². The van der Waals surface area contributed by atoms with Crippen molar-refractivity contribution in [1.29, 1.82) is 0 Å². The van der Waals surface area contributed by atoms with Gasteiger partial charge in [-0.15, -0.1) is 0 Å². The van der Waals surface area contributed by atoms with Crippen molar-refractivity contribution in [3.8, 4) is 0 Å².